The Morgan fingerprint density at radius 3 is 2.82 bits per heavy atom. The molecular weight excluding hydrogens is 221 g/mol. The van der Waals surface area contributed by atoms with Crippen LogP contribution in [0.25, 0.3) is 0 Å². The van der Waals surface area contributed by atoms with E-state index in [1.807, 2.05) is 0 Å². The van der Waals surface area contributed by atoms with Crippen molar-refractivity contribution in [1.29, 1.82) is 0 Å². The maximum Gasteiger partial charge on any atom is 0.167 e. The average Bonchev–Trinajstić information content (AvgIpc) is 3.15. The van der Waals surface area contributed by atoms with Crippen molar-refractivity contribution < 1.29 is 14.2 Å². The first-order chi connectivity index (χ1) is 8.07. The summed E-state index contributed by atoms with van der Waals surface area (Å²) in [6.45, 7) is 1.70. The largest absolute Gasteiger partial charge is 0.488 e. The molecule has 3 nitrogen and oxygen atoms in total. The number of ether oxygens (including phenoxy) is 1. The van der Waals surface area contributed by atoms with Crippen molar-refractivity contribution >= 4 is 0 Å². The van der Waals surface area contributed by atoms with Crippen molar-refractivity contribution in [1.82, 2.24) is 0 Å². The molecule has 0 saturated heterocycles. The molecule has 1 aliphatic rings. The molecular formula is C13H18FNO2. The number of halogens is 1. The summed E-state index contributed by atoms with van der Waals surface area (Å²) in [5, 5.41) is 9.30. The van der Waals surface area contributed by atoms with Gasteiger partial charge < -0.3 is 15.6 Å². The Hall–Kier alpha value is -1.13. The molecule has 1 aromatic carbocycles. The van der Waals surface area contributed by atoms with E-state index in [9.17, 15) is 9.50 Å². The molecule has 1 saturated carbocycles. The van der Waals surface area contributed by atoms with Gasteiger partial charge in [0.2, 0.25) is 0 Å². The summed E-state index contributed by atoms with van der Waals surface area (Å²) < 4.78 is 19.1. The third kappa shape index (κ3) is 2.58. The van der Waals surface area contributed by atoms with E-state index < -0.39 is 5.54 Å². The van der Waals surface area contributed by atoms with Crippen LogP contribution in [0.2, 0.25) is 0 Å². The predicted molar refractivity (Wildman–Crippen MR) is 63.4 cm³/mol. The van der Waals surface area contributed by atoms with E-state index in [1.54, 1.807) is 25.1 Å². The zero-order chi connectivity index (χ0) is 12.5. The highest BCUT2D eigenvalue weighted by atomic mass is 19.1. The van der Waals surface area contributed by atoms with Gasteiger partial charge >= 0.3 is 0 Å². The van der Waals surface area contributed by atoms with E-state index in [4.69, 9.17) is 10.5 Å². The molecule has 1 aliphatic carbocycles. The van der Waals surface area contributed by atoms with Gasteiger partial charge in [-0.2, -0.15) is 0 Å². The quantitative estimate of drug-likeness (QED) is 0.820. The number of nitrogens with two attached hydrogens (primary N) is 1. The molecule has 4 heteroatoms. The lowest BCUT2D eigenvalue weighted by atomic mass is 9.97. The van der Waals surface area contributed by atoms with E-state index in [2.05, 4.69) is 0 Å². The fourth-order valence-electron chi connectivity index (χ4n) is 1.89. The Balaban J connectivity index is 2.04. The summed E-state index contributed by atoms with van der Waals surface area (Å²) in [6.07, 6.45) is 2.02. The van der Waals surface area contributed by atoms with Gasteiger partial charge in [0, 0.05) is 0 Å². The Labute approximate surface area is 100 Å². The summed E-state index contributed by atoms with van der Waals surface area (Å²) in [7, 11) is 0. The van der Waals surface area contributed by atoms with Crippen molar-refractivity contribution in [2.75, 3.05) is 13.2 Å². The maximum atomic E-state index is 13.7. The lowest BCUT2D eigenvalue weighted by Gasteiger charge is -2.27. The summed E-state index contributed by atoms with van der Waals surface area (Å²) in [5.74, 6) is 0.137. The van der Waals surface area contributed by atoms with Gasteiger partial charge in [0.15, 0.2) is 11.6 Å². The molecule has 94 valence electrons. The summed E-state index contributed by atoms with van der Waals surface area (Å²) >= 11 is 0. The molecule has 0 bridgehead atoms. The Morgan fingerprint density at radius 1 is 1.53 bits per heavy atom. The minimum absolute atomic E-state index is 0.134. The zero-order valence-corrected chi connectivity index (χ0v) is 9.95. The van der Waals surface area contributed by atoms with E-state index in [-0.39, 0.29) is 24.8 Å². The Morgan fingerprint density at radius 2 is 2.24 bits per heavy atom. The average molecular weight is 239 g/mol. The molecule has 2 rings (SSSR count). The van der Waals surface area contributed by atoms with Crippen molar-refractivity contribution in [2.45, 2.75) is 25.3 Å². The minimum Gasteiger partial charge on any atom is -0.488 e. The maximum absolute atomic E-state index is 13.7. The van der Waals surface area contributed by atoms with E-state index in [0.29, 0.717) is 11.5 Å². The highest BCUT2D eigenvalue weighted by molar-refractivity contribution is 5.30. The number of aliphatic hydroxyl groups excluding tert-OH is 1. The first-order valence-corrected chi connectivity index (χ1v) is 5.84. The van der Waals surface area contributed by atoms with Gasteiger partial charge in [-0.1, -0.05) is 12.1 Å². The number of hydrogen-bond donors (Lipinski definition) is 2. The van der Waals surface area contributed by atoms with Crippen LogP contribution >= 0.6 is 0 Å². The standard InChI is InChI=1S/C13H18FNO2/c1-9-3-2-4-11(12(9)14)17-8-13(15,7-16)10-5-6-10/h2-4,10,16H,5-8,15H2,1H3. The number of aryl methyl sites for hydroxylation is 1. The SMILES string of the molecule is Cc1cccc(OCC(N)(CO)C2CC2)c1F. The normalized spacial score (nSPS) is 18.8. The predicted octanol–water partition coefficient (Wildman–Crippen LogP) is 1.61. The fourth-order valence-corrected chi connectivity index (χ4v) is 1.89. The molecule has 0 aromatic heterocycles. The Bertz CT molecular complexity index is 406. The first kappa shape index (κ1) is 12.3. The summed E-state index contributed by atoms with van der Waals surface area (Å²) in [5.41, 5.74) is 5.84. The van der Waals surface area contributed by atoms with Crippen LogP contribution in [0, 0.1) is 18.7 Å². The first-order valence-electron chi connectivity index (χ1n) is 5.84. The van der Waals surface area contributed by atoms with Crippen LogP contribution < -0.4 is 10.5 Å². The van der Waals surface area contributed by atoms with Crippen LogP contribution in [-0.4, -0.2) is 23.9 Å². The molecule has 1 atom stereocenters. The highest BCUT2D eigenvalue weighted by Crippen LogP contribution is 2.38. The second-order valence-corrected chi connectivity index (χ2v) is 4.84. The molecule has 0 radical (unpaired) electrons. The van der Waals surface area contributed by atoms with Gasteiger partial charge in [0.1, 0.15) is 6.61 Å². The minimum atomic E-state index is -0.740. The molecule has 0 aliphatic heterocycles. The van der Waals surface area contributed by atoms with Gasteiger partial charge in [-0.05, 0) is 37.3 Å². The third-order valence-corrected chi connectivity index (χ3v) is 3.34. The molecule has 1 fully saturated rings. The summed E-state index contributed by atoms with van der Waals surface area (Å²) in [4.78, 5) is 0. The molecule has 1 aromatic rings. The van der Waals surface area contributed by atoms with Crippen molar-refractivity contribution in [3.05, 3.63) is 29.6 Å². The van der Waals surface area contributed by atoms with Gasteiger partial charge in [-0.3, -0.25) is 0 Å². The van der Waals surface area contributed by atoms with Crippen LogP contribution in [0.3, 0.4) is 0 Å². The van der Waals surface area contributed by atoms with Gasteiger partial charge in [0.25, 0.3) is 0 Å². The molecule has 3 N–H and O–H groups in total. The van der Waals surface area contributed by atoms with Crippen molar-refractivity contribution in [2.24, 2.45) is 11.7 Å². The van der Waals surface area contributed by atoms with Crippen LogP contribution in [-0.2, 0) is 0 Å². The molecule has 0 amide bonds. The van der Waals surface area contributed by atoms with Crippen LogP contribution in [0.4, 0.5) is 4.39 Å². The summed E-state index contributed by atoms with van der Waals surface area (Å²) in [6, 6.07) is 5.00. The lowest BCUT2D eigenvalue weighted by Crippen LogP contribution is -2.51. The van der Waals surface area contributed by atoms with E-state index in [1.165, 1.54) is 0 Å². The number of hydrogen-bond acceptors (Lipinski definition) is 3. The Kier molecular flexibility index (Phi) is 3.35. The van der Waals surface area contributed by atoms with Crippen molar-refractivity contribution in [3.63, 3.8) is 0 Å². The number of benzene rings is 1. The van der Waals surface area contributed by atoms with Gasteiger partial charge in [-0.15, -0.1) is 0 Å². The van der Waals surface area contributed by atoms with Crippen LogP contribution in [0.1, 0.15) is 18.4 Å². The topological polar surface area (TPSA) is 55.5 Å². The molecule has 0 spiro atoms. The molecule has 1 unspecified atom stereocenters. The monoisotopic (exact) mass is 239 g/mol. The van der Waals surface area contributed by atoms with E-state index >= 15 is 0 Å². The second-order valence-electron chi connectivity index (χ2n) is 4.84. The zero-order valence-electron chi connectivity index (χ0n) is 9.95. The highest BCUT2D eigenvalue weighted by Gasteiger charge is 2.42. The third-order valence-electron chi connectivity index (χ3n) is 3.34. The van der Waals surface area contributed by atoms with Gasteiger partial charge in [0.05, 0.1) is 12.1 Å². The number of aliphatic hydroxyl groups is 1. The molecule has 0 heterocycles. The fraction of sp³-hybridized carbons (Fsp3) is 0.538. The van der Waals surface area contributed by atoms with Crippen LogP contribution in [0.15, 0.2) is 18.2 Å². The second kappa shape index (κ2) is 4.63. The van der Waals surface area contributed by atoms with Crippen molar-refractivity contribution in [3.8, 4) is 5.75 Å². The smallest absolute Gasteiger partial charge is 0.167 e. The van der Waals surface area contributed by atoms with Crippen LogP contribution in [0.5, 0.6) is 5.75 Å². The number of rotatable bonds is 5. The van der Waals surface area contributed by atoms with Gasteiger partial charge in [-0.25, -0.2) is 4.39 Å². The lowest BCUT2D eigenvalue weighted by molar-refractivity contribution is 0.114. The molecule has 17 heavy (non-hydrogen) atoms. The van der Waals surface area contributed by atoms with E-state index in [0.717, 1.165) is 12.8 Å².